The molecule has 0 saturated carbocycles. The van der Waals surface area contributed by atoms with Crippen LogP contribution in [0.4, 0.5) is 17.6 Å². The average Bonchev–Trinajstić information content (AvgIpc) is 2.83. The summed E-state index contributed by atoms with van der Waals surface area (Å²) in [7, 11) is 0. The molecule has 1 aromatic carbocycles. The Morgan fingerprint density at radius 2 is 2.05 bits per heavy atom. The van der Waals surface area contributed by atoms with Crippen molar-refractivity contribution in [3.63, 3.8) is 0 Å². The van der Waals surface area contributed by atoms with Crippen LogP contribution in [0.25, 0.3) is 10.6 Å². The highest BCUT2D eigenvalue weighted by atomic mass is 32.1. The molecule has 0 saturated heterocycles. The van der Waals surface area contributed by atoms with Crippen molar-refractivity contribution in [3.05, 3.63) is 40.2 Å². The summed E-state index contributed by atoms with van der Waals surface area (Å²) in [6, 6.07) is 2.28. The lowest BCUT2D eigenvalue weighted by Crippen LogP contribution is -2.07. The van der Waals surface area contributed by atoms with Gasteiger partial charge in [-0.3, -0.25) is 0 Å². The Kier molecular flexibility index (Phi) is 3.49. The molecule has 0 amide bonds. The highest BCUT2D eigenvalue weighted by Gasteiger charge is 2.32. The second-order valence-corrected chi connectivity index (χ2v) is 6.01. The molecule has 1 atom stereocenters. The Hall–Kier alpha value is -1.47. The summed E-state index contributed by atoms with van der Waals surface area (Å²) < 4.78 is 52.0. The van der Waals surface area contributed by atoms with Crippen LogP contribution < -0.4 is 0 Å². The van der Waals surface area contributed by atoms with E-state index in [9.17, 15) is 22.7 Å². The van der Waals surface area contributed by atoms with Crippen LogP contribution in [0.5, 0.6) is 0 Å². The predicted molar refractivity (Wildman–Crippen MR) is 70.4 cm³/mol. The van der Waals surface area contributed by atoms with E-state index in [0.717, 1.165) is 34.8 Å². The van der Waals surface area contributed by atoms with Gasteiger partial charge < -0.3 is 5.11 Å². The molecule has 1 aromatic heterocycles. The van der Waals surface area contributed by atoms with Gasteiger partial charge in [-0.2, -0.15) is 13.2 Å². The van der Waals surface area contributed by atoms with Gasteiger partial charge in [0, 0.05) is 10.4 Å². The molecular formula is C14H11F4NOS. The summed E-state index contributed by atoms with van der Waals surface area (Å²) in [5, 5.41) is 10.0. The van der Waals surface area contributed by atoms with Crippen molar-refractivity contribution in [3.8, 4) is 10.6 Å². The standard InChI is InChI=1S/C14H11F4NOS/c15-9-5-4-7(14(16,17)18)6-8(9)13-19-12-10(20)2-1-3-11(12)21-13/h4-6,10,20H,1-3H2. The molecule has 0 fully saturated rings. The molecule has 1 aliphatic carbocycles. The van der Waals surface area contributed by atoms with Crippen LogP contribution in [0.2, 0.25) is 0 Å². The normalized spacial score (nSPS) is 18.6. The number of aromatic nitrogens is 1. The van der Waals surface area contributed by atoms with Crippen LogP contribution in [0.1, 0.15) is 35.1 Å². The zero-order chi connectivity index (χ0) is 15.2. The Morgan fingerprint density at radius 1 is 1.29 bits per heavy atom. The van der Waals surface area contributed by atoms with Gasteiger partial charge >= 0.3 is 6.18 Å². The maximum absolute atomic E-state index is 13.8. The lowest BCUT2D eigenvalue weighted by atomic mass is 10.0. The zero-order valence-corrected chi connectivity index (χ0v) is 11.6. The number of rotatable bonds is 1. The highest BCUT2D eigenvalue weighted by Crippen LogP contribution is 2.39. The van der Waals surface area contributed by atoms with Crippen LogP contribution in [0, 0.1) is 5.82 Å². The number of alkyl halides is 3. The Bertz CT molecular complexity index is 680. The molecule has 2 aromatic rings. The number of hydrogen-bond donors (Lipinski definition) is 1. The van der Waals surface area contributed by atoms with Gasteiger partial charge in [-0.1, -0.05) is 0 Å². The van der Waals surface area contributed by atoms with Crippen molar-refractivity contribution in [2.45, 2.75) is 31.5 Å². The molecule has 3 rings (SSSR count). The largest absolute Gasteiger partial charge is 0.416 e. The number of aryl methyl sites for hydroxylation is 1. The van der Waals surface area contributed by atoms with Gasteiger partial charge in [-0.05, 0) is 37.5 Å². The molecule has 21 heavy (non-hydrogen) atoms. The van der Waals surface area contributed by atoms with Gasteiger partial charge in [0.2, 0.25) is 0 Å². The van der Waals surface area contributed by atoms with Gasteiger partial charge in [-0.15, -0.1) is 11.3 Å². The second kappa shape index (κ2) is 5.06. The molecule has 0 spiro atoms. The van der Waals surface area contributed by atoms with Crippen LogP contribution in [-0.4, -0.2) is 10.1 Å². The van der Waals surface area contributed by atoms with Gasteiger partial charge in [0.25, 0.3) is 0 Å². The third kappa shape index (κ3) is 2.67. The first-order valence-corrected chi connectivity index (χ1v) is 7.22. The molecule has 0 radical (unpaired) electrons. The van der Waals surface area contributed by atoms with E-state index in [4.69, 9.17) is 0 Å². The molecule has 0 aliphatic heterocycles. The van der Waals surface area contributed by atoms with Crippen molar-refractivity contribution >= 4 is 11.3 Å². The third-order valence-electron chi connectivity index (χ3n) is 3.45. The van der Waals surface area contributed by atoms with Crippen molar-refractivity contribution < 1.29 is 22.7 Å². The Labute approximate surface area is 122 Å². The molecule has 0 bridgehead atoms. The van der Waals surface area contributed by atoms with Crippen LogP contribution in [0.15, 0.2) is 18.2 Å². The van der Waals surface area contributed by atoms with Gasteiger partial charge in [0.1, 0.15) is 10.8 Å². The molecule has 1 heterocycles. The molecule has 1 aliphatic rings. The SMILES string of the molecule is OC1CCCc2sc(-c3cc(C(F)(F)F)ccc3F)nc21. The number of aliphatic hydroxyl groups is 1. The maximum atomic E-state index is 13.8. The first-order chi connectivity index (χ1) is 9.86. The van der Waals surface area contributed by atoms with Gasteiger partial charge in [0.15, 0.2) is 0 Å². The van der Waals surface area contributed by atoms with E-state index in [1.807, 2.05) is 0 Å². The van der Waals surface area contributed by atoms with Crippen LogP contribution in [0.3, 0.4) is 0 Å². The van der Waals surface area contributed by atoms with E-state index in [1.165, 1.54) is 0 Å². The van der Waals surface area contributed by atoms with E-state index in [1.54, 1.807) is 0 Å². The minimum atomic E-state index is -4.53. The topological polar surface area (TPSA) is 33.1 Å². The third-order valence-corrected chi connectivity index (χ3v) is 4.61. The highest BCUT2D eigenvalue weighted by molar-refractivity contribution is 7.15. The summed E-state index contributed by atoms with van der Waals surface area (Å²) in [5.41, 5.74) is -0.609. The van der Waals surface area contributed by atoms with E-state index < -0.39 is 23.7 Å². The number of thiazole rings is 1. The number of nitrogens with zero attached hydrogens (tertiary/aromatic N) is 1. The molecule has 1 unspecified atom stereocenters. The number of benzene rings is 1. The molecular weight excluding hydrogens is 306 g/mol. The van der Waals surface area contributed by atoms with Gasteiger partial charge in [0.05, 0.1) is 17.4 Å². The lowest BCUT2D eigenvalue weighted by molar-refractivity contribution is -0.137. The summed E-state index contributed by atoms with van der Waals surface area (Å²) >= 11 is 1.15. The summed E-state index contributed by atoms with van der Waals surface area (Å²) in [5.74, 6) is -0.747. The number of hydrogen-bond acceptors (Lipinski definition) is 3. The van der Waals surface area contributed by atoms with Crippen molar-refractivity contribution in [2.24, 2.45) is 0 Å². The van der Waals surface area contributed by atoms with E-state index >= 15 is 0 Å². The monoisotopic (exact) mass is 317 g/mol. The first kappa shape index (κ1) is 14.5. The zero-order valence-electron chi connectivity index (χ0n) is 10.7. The second-order valence-electron chi connectivity index (χ2n) is 4.93. The minimum absolute atomic E-state index is 0.170. The fraction of sp³-hybridized carbons (Fsp3) is 0.357. The lowest BCUT2D eigenvalue weighted by Gasteiger charge is -2.14. The molecule has 112 valence electrons. The molecule has 2 nitrogen and oxygen atoms in total. The minimum Gasteiger partial charge on any atom is -0.387 e. The van der Waals surface area contributed by atoms with Gasteiger partial charge in [-0.25, -0.2) is 9.37 Å². The summed E-state index contributed by atoms with van der Waals surface area (Å²) in [6.45, 7) is 0. The van der Waals surface area contributed by atoms with Crippen molar-refractivity contribution in [2.75, 3.05) is 0 Å². The Balaban J connectivity index is 2.08. The molecule has 1 N–H and O–H groups in total. The van der Waals surface area contributed by atoms with Crippen molar-refractivity contribution in [1.29, 1.82) is 0 Å². The fourth-order valence-electron chi connectivity index (χ4n) is 2.38. The summed E-state index contributed by atoms with van der Waals surface area (Å²) in [6.07, 6.45) is -3.17. The molecule has 7 heteroatoms. The quantitative estimate of drug-likeness (QED) is 0.794. The van der Waals surface area contributed by atoms with Crippen LogP contribution in [-0.2, 0) is 12.6 Å². The van der Waals surface area contributed by atoms with Crippen molar-refractivity contribution in [1.82, 2.24) is 4.98 Å². The summed E-state index contributed by atoms with van der Waals surface area (Å²) in [4.78, 5) is 4.97. The average molecular weight is 317 g/mol. The smallest absolute Gasteiger partial charge is 0.387 e. The van der Waals surface area contributed by atoms with E-state index in [-0.39, 0.29) is 10.6 Å². The number of fused-ring (bicyclic) bond motifs is 1. The van der Waals surface area contributed by atoms with E-state index in [0.29, 0.717) is 24.6 Å². The number of halogens is 4. The first-order valence-electron chi connectivity index (χ1n) is 6.41. The van der Waals surface area contributed by atoms with E-state index in [2.05, 4.69) is 4.98 Å². The maximum Gasteiger partial charge on any atom is 0.416 e. The fourth-order valence-corrected chi connectivity index (χ4v) is 3.55. The van der Waals surface area contributed by atoms with Crippen LogP contribution >= 0.6 is 11.3 Å². The number of aliphatic hydroxyl groups excluding tert-OH is 1. The Morgan fingerprint density at radius 3 is 2.71 bits per heavy atom. The predicted octanol–water partition coefficient (Wildman–Crippen LogP) is 4.34.